The first-order valence-electron chi connectivity index (χ1n) is 11.7. The van der Waals surface area contributed by atoms with Gasteiger partial charge in [0, 0.05) is 54.9 Å². The molecule has 3 aromatic rings. The summed E-state index contributed by atoms with van der Waals surface area (Å²) in [5.41, 5.74) is 0.506. The summed E-state index contributed by atoms with van der Waals surface area (Å²) < 4.78 is 17.3. The number of ether oxygens (including phenoxy) is 3. The van der Waals surface area contributed by atoms with Crippen molar-refractivity contribution in [3.8, 4) is 17.2 Å². The van der Waals surface area contributed by atoms with Gasteiger partial charge in [-0.25, -0.2) is 0 Å². The number of nitrogens with one attached hydrogen (secondary N) is 2. The molecule has 0 aliphatic carbocycles. The summed E-state index contributed by atoms with van der Waals surface area (Å²) in [6.07, 6.45) is 0.872. The number of carbonyl (C=O) groups excluding carboxylic acids is 3. The Labute approximate surface area is 208 Å². The molecule has 0 atom stereocenters. The largest absolute Gasteiger partial charge is 0.496 e. The van der Waals surface area contributed by atoms with Crippen molar-refractivity contribution in [1.29, 1.82) is 0 Å². The van der Waals surface area contributed by atoms with Crippen LogP contribution in [0.2, 0.25) is 0 Å². The fourth-order valence-corrected chi connectivity index (χ4v) is 4.86. The lowest BCUT2D eigenvalue weighted by atomic mass is 9.96. The number of piperidine rings is 1. The lowest BCUT2D eigenvalue weighted by Gasteiger charge is -2.44. The van der Waals surface area contributed by atoms with Crippen molar-refractivity contribution in [3.05, 3.63) is 59.7 Å². The Kier molecular flexibility index (Phi) is 5.91. The predicted octanol–water partition coefficient (Wildman–Crippen LogP) is 3.57. The van der Waals surface area contributed by atoms with E-state index in [1.165, 1.54) is 6.92 Å². The molecule has 0 saturated carbocycles. The van der Waals surface area contributed by atoms with E-state index in [4.69, 9.17) is 14.2 Å². The first-order chi connectivity index (χ1) is 17.3. The molecule has 2 aliphatic heterocycles. The Bertz CT molecular complexity index is 1380. The minimum Gasteiger partial charge on any atom is -0.496 e. The lowest BCUT2D eigenvalue weighted by molar-refractivity contribution is -0.114. The van der Waals surface area contributed by atoms with E-state index in [0.717, 1.165) is 10.8 Å². The zero-order valence-electron chi connectivity index (χ0n) is 20.3. The minimum atomic E-state index is -0.888. The predicted molar refractivity (Wildman–Crippen MR) is 134 cm³/mol. The number of hydrogen-bond acceptors (Lipinski definition) is 6. The second-order valence-corrected chi connectivity index (χ2v) is 8.97. The van der Waals surface area contributed by atoms with Crippen LogP contribution in [0.1, 0.15) is 40.5 Å². The van der Waals surface area contributed by atoms with E-state index in [2.05, 4.69) is 10.6 Å². The summed E-state index contributed by atoms with van der Waals surface area (Å²) >= 11 is 0. The molecule has 3 aromatic carbocycles. The van der Waals surface area contributed by atoms with Crippen LogP contribution in [0.3, 0.4) is 0 Å². The van der Waals surface area contributed by atoms with Gasteiger partial charge in [0.15, 0.2) is 5.72 Å². The third-order valence-corrected chi connectivity index (χ3v) is 6.65. The van der Waals surface area contributed by atoms with Crippen molar-refractivity contribution in [2.45, 2.75) is 25.5 Å². The average Bonchev–Trinajstić information content (AvgIpc) is 2.87. The molecule has 2 aliphatic rings. The molecule has 5 rings (SSSR count). The highest BCUT2D eigenvalue weighted by Gasteiger charge is 2.43. The van der Waals surface area contributed by atoms with Crippen LogP contribution in [0.25, 0.3) is 10.8 Å². The van der Waals surface area contributed by atoms with E-state index in [0.29, 0.717) is 60.0 Å². The SMILES string of the molecule is COc1cc(C(=O)N2CCC3(CC2)NC(=O)c2cc(NC(C)=O)ccc2O3)cc2c(OC)cccc12. The second-order valence-electron chi connectivity index (χ2n) is 8.97. The number of likely N-dealkylation sites (tertiary alicyclic amines) is 1. The van der Waals surface area contributed by atoms with Gasteiger partial charge in [-0.05, 0) is 36.4 Å². The summed E-state index contributed by atoms with van der Waals surface area (Å²) in [7, 11) is 3.17. The minimum absolute atomic E-state index is 0.126. The monoisotopic (exact) mass is 489 g/mol. The van der Waals surface area contributed by atoms with E-state index in [1.807, 2.05) is 24.3 Å². The maximum Gasteiger partial charge on any atom is 0.258 e. The molecule has 2 N–H and O–H groups in total. The molecule has 2 heterocycles. The molecule has 186 valence electrons. The van der Waals surface area contributed by atoms with Gasteiger partial charge in [0.1, 0.15) is 17.2 Å². The highest BCUT2D eigenvalue weighted by atomic mass is 16.5. The quantitative estimate of drug-likeness (QED) is 0.581. The van der Waals surface area contributed by atoms with E-state index in [-0.39, 0.29) is 17.7 Å². The normalized spacial score (nSPS) is 16.1. The Morgan fingerprint density at radius 3 is 2.44 bits per heavy atom. The molecule has 36 heavy (non-hydrogen) atoms. The fourth-order valence-electron chi connectivity index (χ4n) is 4.86. The number of rotatable bonds is 4. The van der Waals surface area contributed by atoms with Crippen LogP contribution in [-0.2, 0) is 4.79 Å². The van der Waals surface area contributed by atoms with Gasteiger partial charge in [-0.15, -0.1) is 0 Å². The number of benzene rings is 3. The molecule has 0 radical (unpaired) electrons. The highest BCUT2D eigenvalue weighted by Crippen LogP contribution is 2.37. The number of anilines is 1. The molecule has 9 nitrogen and oxygen atoms in total. The van der Waals surface area contributed by atoms with Gasteiger partial charge in [-0.2, -0.15) is 0 Å². The molecule has 0 aromatic heterocycles. The Hall–Kier alpha value is -4.27. The van der Waals surface area contributed by atoms with Gasteiger partial charge in [-0.3, -0.25) is 14.4 Å². The molecule has 1 saturated heterocycles. The maximum atomic E-state index is 13.4. The third-order valence-electron chi connectivity index (χ3n) is 6.65. The molecule has 1 spiro atoms. The number of methoxy groups -OCH3 is 2. The van der Waals surface area contributed by atoms with E-state index in [1.54, 1.807) is 43.4 Å². The van der Waals surface area contributed by atoms with Gasteiger partial charge in [0.25, 0.3) is 11.8 Å². The summed E-state index contributed by atoms with van der Waals surface area (Å²) in [5.74, 6) is 1.10. The Balaban J connectivity index is 1.34. The number of amides is 3. The smallest absolute Gasteiger partial charge is 0.258 e. The molecule has 0 unspecified atom stereocenters. The summed E-state index contributed by atoms with van der Waals surface area (Å²) in [4.78, 5) is 39.4. The van der Waals surface area contributed by atoms with Gasteiger partial charge < -0.3 is 29.7 Å². The van der Waals surface area contributed by atoms with Gasteiger partial charge in [-0.1, -0.05) is 12.1 Å². The van der Waals surface area contributed by atoms with E-state index >= 15 is 0 Å². The van der Waals surface area contributed by atoms with Crippen molar-refractivity contribution in [3.63, 3.8) is 0 Å². The van der Waals surface area contributed by atoms with E-state index < -0.39 is 5.72 Å². The number of carbonyl (C=O) groups is 3. The molecular weight excluding hydrogens is 462 g/mol. The van der Waals surface area contributed by atoms with Crippen molar-refractivity contribution in [1.82, 2.24) is 10.2 Å². The summed E-state index contributed by atoms with van der Waals surface area (Å²) in [5, 5.41) is 7.31. The van der Waals surface area contributed by atoms with Crippen molar-refractivity contribution >= 4 is 34.2 Å². The molecular formula is C27H27N3O6. The van der Waals surface area contributed by atoms with Crippen molar-refractivity contribution in [2.24, 2.45) is 0 Å². The first kappa shape index (κ1) is 23.5. The highest BCUT2D eigenvalue weighted by molar-refractivity contribution is 6.03. The van der Waals surface area contributed by atoms with Gasteiger partial charge in [0.2, 0.25) is 5.91 Å². The number of hydrogen-bond donors (Lipinski definition) is 2. The second kappa shape index (κ2) is 9.07. The first-order valence-corrected chi connectivity index (χ1v) is 11.7. The van der Waals surface area contributed by atoms with E-state index in [9.17, 15) is 14.4 Å². The van der Waals surface area contributed by atoms with Crippen LogP contribution >= 0.6 is 0 Å². The lowest BCUT2D eigenvalue weighted by Crippen LogP contribution is -2.61. The summed E-state index contributed by atoms with van der Waals surface area (Å²) in [6, 6.07) is 14.2. The van der Waals surface area contributed by atoms with Crippen LogP contribution in [-0.4, -0.2) is 55.7 Å². The summed E-state index contributed by atoms with van der Waals surface area (Å²) in [6.45, 7) is 2.22. The number of nitrogens with zero attached hydrogens (tertiary/aromatic N) is 1. The van der Waals surface area contributed by atoms with Gasteiger partial charge >= 0.3 is 0 Å². The van der Waals surface area contributed by atoms with Crippen LogP contribution in [0.5, 0.6) is 17.2 Å². The molecule has 1 fully saturated rings. The molecule has 0 bridgehead atoms. The average molecular weight is 490 g/mol. The molecule has 9 heteroatoms. The third kappa shape index (κ3) is 4.17. The van der Waals surface area contributed by atoms with Crippen LogP contribution < -0.4 is 24.8 Å². The maximum absolute atomic E-state index is 13.4. The Morgan fingerprint density at radius 1 is 1.00 bits per heavy atom. The van der Waals surface area contributed by atoms with Crippen LogP contribution in [0.15, 0.2) is 48.5 Å². The van der Waals surface area contributed by atoms with Crippen molar-refractivity contribution in [2.75, 3.05) is 32.6 Å². The van der Waals surface area contributed by atoms with Crippen LogP contribution in [0, 0.1) is 0 Å². The Morgan fingerprint density at radius 2 is 1.75 bits per heavy atom. The molecule has 3 amide bonds. The standard InChI is InChI=1S/C27H27N3O6/c1-16(31)28-18-7-8-23-21(15-18)25(32)29-27(36-23)9-11-30(12-10-27)26(33)17-13-20-19(24(14-17)35-3)5-4-6-22(20)34-2/h4-8,13-15H,9-12H2,1-3H3,(H,28,31)(H,29,32). The topological polar surface area (TPSA) is 106 Å². The van der Waals surface area contributed by atoms with Crippen molar-refractivity contribution < 1.29 is 28.6 Å². The zero-order chi connectivity index (χ0) is 25.4. The fraction of sp³-hybridized carbons (Fsp3) is 0.296. The zero-order valence-corrected chi connectivity index (χ0v) is 20.3. The van der Waals surface area contributed by atoms with Crippen LogP contribution in [0.4, 0.5) is 5.69 Å². The van der Waals surface area contributed by atoms with Gasteiger partial charge in [0.05, 0.1) is 19.8 Å². The number of fused-ring (bicyclic) bond motifs is 2.